The van der Waals surface area contributed by atoms with Crippen LogP contribution in [0.2, 0.25) is 5.02 Å². The van der Waals surface area contributed by atoms with E-state index in [1.54, 1.807) is 30.1 Å². The molecule has 0 fully saturated rings. The normalized spacial score (nSPS) is 13.2. The molecule has 2 aromatic carbocycles. The van der Waals surface area contributed by atoms with Crippen LogP contribution in [0.1, 0.15) is 47.3 Å². The van der Waals surface area contributed by atoms with Crippen LogP contribution < -0.4 is 9.64 Å². The minimum absolute atomic E-state index is 0.183. The highest BCUT2D eigenvalue weighted by atomic mass is 35.5. The van der Waals surface area contributed by atoms with Crippen molar-refractivity contribution in [3.63, 3.8) is 0 Å². The molecule has 3 aromatic rings. The van der Waals surface area contributed by atoms with E-state index in [4.69, 9.17) is 21.1 Å². The van der Waals surface area contributed by atoms with Gasteiger partial charge >= 0.3 is 6.09 Å². The number of nitrogens with zero attached hydrogens (tertiary/aromatic N) is 4. The average Bonchev–Trinajstić information content (AvgIpc) is 3.30. The second kappa shape index (κ2) is 10.2. The summed E-state index contributed by atoms with van der Waals surface area (Å²) in [5.74, 6) is 0.381. The lowest BCUT2D eigenvalue weighted by molar-refractivity contribution is 0.0224. The average molecular weight is 515 g/mol. The van der Waals surface area contributed by atoms with Crippen LogP contribution >= 0.6 is 22.9 Å². The molecule has 0 saturated carbocycles. The first-order chi connectivity index (χ1) is 16.6. The van der Waals surface area contributed by atoms with Gasteiger partial charge in [0.25, 0.3) is 5.91 Å². The first-order valence-electron chi connectivity index (χ1n) is 11.2. The first-order valence-corrected chi connectivity index (χ1v) is 12.4. The number of fused-ring (bicyclic) bond motifs is 1. The SMILES string of the molecule is CN(C(=O)c1ccc2c(c1)CCN(C(=O)OC(C)(C)C)C2)c1nnc(COc2ccccc2Cl)s1. The van der Waals surface area contributed by atoms with Crippen LogP contribution in [0, 0.1) is 0 Å². The van der Waals surface area contributed by atoms with Crippen molar-refractivity contribution < 1.29 is 19.1 Å². The van der Waals surface area contributed by atoms with Crippen molar-refractivity contribution in [2.24, 2.45) is 0 Å². The van der Waals surface area contributed by atoms with Gasteiger partial charge in [-0.2, -0.15) is 0 Å². The van der Waals surface area contributed by atoms with Crippen LogP contribution in [0.25, 0.3) is 0 Å². The van der Waals surface area contributed by atoms with Crippen LogP contribution in [0.3, 0.4) is 0 Å². The van der Waals surface area contributed by atoms with Gasteiger partial charge in [-0.25, -0.2) is 4.79 Å². The predicted molar refractivity (Wildman–Crippen MR) is 135 cm³/mol. The number of carbonyl (C=O) groups excluding carboxylic acids is 2. The molecule has 2 amide bonds. The highest BCUT2D eigenvalue weighted by Gasteiger charge is 2.27. The molecular formula is C25H27ClN4O4S. The maximum atomic E-state index is 13.1. The highest BCUT2D eigenvalue weighted by Crippen LogP contribution is 2.27. The molecule has 8 nitrogen and oxygen atoms in total. The van der Waals surface area contributed by atoms with E-state index in [0.717, 1.165) is 11.1 Å². The largest absolute Gasteiger partial charge is 0.485 e. The van der Waals surface area contributed by atoms with Gasteiger partial charge < -0.3 is 14.4 Å². The number of amides is 2. The molecule has 35 heavy (non-hydrogen) atoms. The molecule has 1 aliphatic rings. The summed E-state index contributed by atoms with van der Waals surface area (Å²) in [5, 5.41) is 9.91. The first kappa shape index (κ1) is 24.9. The molecule has 0 radical (unpaired) electrons. The van der Waals surface area contributed by atoms with Crippen LogP contribution in [0.15, 0.2) is 42.5 Å². The van der Waals surface area contributed by atoms with E-state index in [1.165, 1.54) is 16.2 Å². The summed E-state index contributed by atoms with van der Waals surface area (Å²) in [6.07, 6.45) is 0.329. The summed E-state index contributed by atoms with van der Waals surface area (Å²) >= 11 is 7.40. The lowest BCUT2D eigenvalue weighted by Crippen LogP contribution is -2.40. The number of halogens is 1. The molecule has 1 aliphatic heterocycles. The molecule has 2 heterocycles. The third kappa shape index (κ3) is 6.10. The Morgan fingerprint density at radius 2 is 1.91 bits per heavy atom. The minimum atomic E-state index is -0.538. The summed E-state index contributed by atoms with van der Waals surface area (Å²) in [7, 11) is 1.67. The van der Waals surface area contributed by atoms with Gasteiger partial charge in [-0.3, -0.25) is 9.69 Å². The molecule has 0 bridgehead atoms. The Labute approximate surface area is 213 Å². The Hall–Kier alpha value is -3.17. The number of anilines is 1. The third-order valence-corrected chi connectivity index (χ3v) is 6.64. The summed E-state index contributed by atoms with van der Waals surface area (Å²) < 4.78 is 11.2. The Morgan fingerprint density at radius 3 is 2.66 bits per heavy atom. The number of rotatable bonds is 5. The minimum Gasteiger partial charge on any atom is -0.485 e. The van der Waals surface area contributed by atoms with Crippen LogP contribution in [-0.4, -0.2) is 46.3 Å². The maximum Gasteiger partial charge on any atom is 0.410 e. The second-order valence-corrected chi connectivity index (χ2v) is 10.6. The van der Waals surface area contributed by atoms with Crippen molar-refractivity contribution >= 4 is 40.1 Å². The van der Waals surface area contributed by atoms with E-state index in [0.29, 0.717) is 46.0 Å². The van der Waals surface area contributed by atoms with E-state index < -0.39 is 5.60 Å². The maximum absolute atomic E-state index is 13.1. The number of hydrogen-bond acceptors (Lipinski definition) is 7. The van der Waals surface area contributed by atoms with Gasteiger partial charge in [0, 0.05) is 25.7 Å². The van der Waals surface area contributed by atoms with E-state index in [9.17, 15) is 9.59 Å². The highest BCUT2D eigenvalue weighted by molar-refractivity contribution is 7.15. The Bertz CT molecular complexity index is 1240. The number of benzene rings is 2. The molecule has 0 aliphatic carbocycles. The molecule has 4 rings (SSSR count). The Morgan fingerprint density at radius 1 is 1.14 bits per heavy atom. The summed E-state index contributed by atoms with van der Waals surface area (Å²) in [5.41, 5.74) is 2.08. The molecule has 0 N–H and O–H groups in total. The Balaban J connectivity index is 1.39. The summed E-state index contributed by atoms with van der Waals surface area (Å²) in [6, 6.07) is 12.8. The van der Waals surface area contributed by atoms with E-state index in [1.807, 2.05) is 45.0 Å². The van der Waals surface area contributed by atoms with Gasteiger partial charge in [0.2, 0.25) is 5.13 Å². The van der Waals surface area contributed by atoms with Crippen molar-refractivity contribution in [3.05, 3.63) is 69.2 Å². The predicted octanol–water partition coefficient (Wildman–Crippen LogP) is 5.34. The third-order valence-electron chi connectivity index (χ3n) is 5.35. The van der Waals surface area contributed by atoms with E-state index in [-0.39, 0.29) is 18.6 Å². The zero-order chi connectivity index (χ0) is 25.2. The molecule has 0 unspecified atom stereocenters. The van der Waals surface area contributed by atoms with Crippen molar-refractivity contribution in [3.8, 4) is 5.75 Å². The number of hydrogen-bond donors (Lipinski definition) is 0. The number of aromatic nitrogens is 2. The summed E-state index contributed by atoms with van der Waals surface area (Å²) in [4.78, 5) is 28.7. The standard InChI is InChI=1S/C25H27ClN4O4S/c1-25(2,3)34-24(32)30-12-11-16-13-17(9-10-18(16)14-30)22(31)29(4)23-28-27-21(35-23)15-33-20-8-6-5-7-19(20)26/h5-10,13H,11-12,14-15H2,1-4H3. The van der Waals surface area contributed by atoms with E-state index in [2.05, 4.69) is 10.2 Å². The van der Waals surface area contributed by atoms with Crippen LogP contribution in [-0.2, 0) is 24.3 Å². The zero-order valence-corrected chi connectivity index (χ0v) is 21.7. The second-order valence-electron chi connectivity index (χ2n) is 9.20. The lowest BCUT2D eigenvalue weighted by atomic mass is 9.97. The van der Waals surface area contributed by atoms with Gasteiger partial charge in [-0.1, -0.05) is 41.1 Å². The van der Waals surface area contributed by atoms with Crippen molar-refractivity contribution in [2.45, 2.75) is 45.9 Å². The number of para-hydroxylation sites is 1. The molecular weight excluding hydrogens is 488 g/mol. The number of ether oxygens (including phenoxy) is 2. The van der Waals surface area contributed by atoms with Crippen molar-refractivity contribution in [1.82, 2.24) is 15.1 Å². The molecule has 10 heteroatoms. The van der Waals surface area contributed by atoms with Gasteiger partial charge in [0.15, 0.2) is 5.01 Å². The van der Waals surface area contributed by atoms with E-state index >= 15 is 0 Å². The molecule has 0 saturated heterocycles. The molecule has 0 atom stereocenters. The quantitative estimate of drug-likeness (QED) is 0.457. The van der Waals surface area contributed by atoms with Crippen LogP contribution in [0.4, 0.5) is 9.93 Å². The van der Waals surface area contributed by atoms with Gasteiger partial charge in [0.05, 0.1) is 5.02 Å². The fourth-order valence-corrected chi connectivity index (χ4v) is 4.49. The smallest absolute Gasteiger partial charge is 0.410 e. The monoisotopic (exact) mass is 514 g/mol. The fraction of sp³-hybridized carbons (Fsp3) is 0.360. The van der Waals surface area contributed by atoms with Crippen LogP contribution in [0.5, 0.6) is 5.75 Å². The summed E-state index contributed by atoms with van der Waals surface area (Å²) in [6.45, 7) is 6.76. The topological polar surface area (TPSA) is 84.9 Å². The lowest BCUT2D eigenvalue weighted by Gasteiger charge is -2.31. The number of carbonyl (C=O) groups is 2. The van der Waals surface area contributed by atoms with Crippen molar-refractivity contribution in [1.29, 1.82) is 0 Å². The van der Waals surface area contributed by atoms with Gasteiger partial charge in [-0.15, -0.1) is 10.2 Å². The fourth-order valence-electron chi connectivity index (χ4n) is 3.59. The molecule has 184 valence electrons. The van der Waals surface area contributed by atoms with Gasteiger partial charge in [-0.05, 0) is 62.6 Å². The Kier molecular flexibility index (Phi) is 7.28. The van der Waals surface area contributed by atoms with Crippen molar-refractivity contribution in [2.75, 3.05) is 18.5 Å². The zero-order valence-electron chi connectivity index (χ0n) is 20.1. The molecule has 1 aromatic heterocycles. The molecule has 0 spiro atoms. The van der Waals surface area contributed by atoms with Gasteiger partial charge in [0.1, 0.15) is 18.0 Å².